The third-order valence-electron chi connectivity index (χ3n) is 8.81. The number of carboxylic acid groups (broad SMARTS) is 2. The van der Waals surface area contributed by atoms with Gasteiger partial charge in [0.05, 0.1) is 12.5 Å². The van der Waals surface area contributed by atoms with Crippen molar-refractivity contribution in [2.45, 2.75) is 65.8 Å². The number of aromatic nitrogens is 2. The summed E-state index contributed by atoms with van der Waals surface area (Å²) in [6, 6.07) is -0.249. The predicted octanol–water partition coefficient (Wildman–Crippen LogP) is 2.90. The van der Waals surface area contributed by atoms with Gasteiger partial charge in [0.25, 0.3) is 5.91 Å². The van der Waals surface area contributed by atoms with Gasteiger partial charge in [-0.2, -0.15) is 25.3 Å². The topological polar surface area (TPSA) is 164 Å². The number of carbonyl (C=O) groups excluding carboxylic acids is 2. The van der Waals surface area contributed by atoms with E-state index in [0.29, 0.717) is 28.8 Å². The van der Waals surface area contributed by atoms with Gasteiger partial charge in [0.15, 0.2) is 0 Å². The number of H-pyrrole nitrogens is 2. The van der Waals surface area contributed by atoms with Crippen LogP contribution >= 0.6 is 25.3 Å². The number of amides is 2. The average Bonchev–Trinajstić information content (AvgIpc) is 3.61. The molecular formula is C33H40N4O6S2. The molecule has 1 saturated heterocycles. The lowest BCUT2D eigenvalue weighted by molar-refractivity contribution is -0.137. The molecule has 4 heterocycles. The van der Waals surface area contributed by atoms with E-state index in [1.807, 2.05) is 39.8 Å². The van der Waals surface area contributed by atoms with Crippen molar-refractivity contribution in [1.82, 2.24) is 20.6 Å². The fourth-order valence-electron chi connectivity index (χ4n) is 6.15. The summed E-state index contributed by atoms with van der Waals surface area (Å²) in [6.45, 7) is 7.63. The summed E-state index contributed by atoms with van der Waals surface area (Å²) in [6.07, 6.45) is 8.32. The second-order valence-corrected chi connectivity index (χ2v) is 12.3. The van der Waals surface area contributed by atoms with Crippen LogP contribution in [0.25, 0.3) is 18.2 Å². The van der Waals surface area contributed by atoms with Crippen molar-refractivity contribution in [3.63, 3.8) is 0 Å². The second-order valence-electron chi connectivity index (χ2n) is 11.6. The third-order valence-corrected chi connectivity index (χ3v) is 9.22. The molecule has 2 aliphatic rings. The Morgan fingerprint density at radius 3 is 2.38 bits per heavy atom. The minimum Gasteiger partial charge on any atom is -0.481 e. The van der Waals surface area contributed by atoms with Gasteiger partial charge < -0.3 is 30.8 Å². The first-order valence-electron chi connectivity index (χ1n) is 14.9. The largest absolute Gasteiger partial charge is 0.481 e. The lowest BCUT2D eigenvalue weighted by atomic mass is 9.91. The summed E-state index contributed by atoms with van der Waals surface area (Å²) in [5.74, 6) is -1.66. The normalized spacial score (nSPS) is 21.9. The zero-order chi connectivity index (χ0) is 33.0. The Kier molecular flexibility index (Phi) is 10.9. The summed E-state index contributed by atoms with van der Waals surface area (Å²) in [4.78, 5) is 55.0. The molecule has 240 valence electrons. The number of hydrogen-bond acceptors (Lipinski definition) is 6. The Balaban J connectivity index is 1.85. The monoisotopic (exact) mass is 652 g/mol. The van der Waals surface area contributed by atoms with Gasteiger partial charge in [-0.1, -0.05) is 13.0 Å². The van der Waals surface area contributed by atoms with Crippen molar-refractivity contribution >= 4 is 67.2 Å². The predicted molar refractivity (Wildman–Crippen MR) is 180 cm³/mol. The molecule has 1 fully saturated rings. The maximum atomic E-state index is 12.5. The lowest BCUT2D eigenvalue weighted by Gasteiger charge is -2.12. The fraction of sp³-hybridized carbons (Fsp3) is 0.394. The maximum absolute atomic E-state index is 12.5. The Hall–Kier alpha value is -3.90. The Labute approximate surface area is 272 Å². The van der Waals surface area contributed by atoms with Crippen LogP contribution in [0.5, 0.6) is 0 Å². The molecule has 2 aliphatic heterocycles. The second kappa shape index (κ2) is 14.5. The van der Waals surface area contributed by atoms with Crippen LogP contribution in [-0.4, -0.2) is 55.7 Å². The molecule has 10 nitrogen and oxygen atoms in total. The lowest BCUT2D eigenvalue weighted by Crippen LogP contribution is -2.30. The van der Waals surface area contributed by atoms with Crippen LogP contribution in [0.2, 0.25) is 0 Å². The summed E-state index contributed by atoms with van der Waals surface area (Å²) in [7, 11) is 0. The van der Waals surface area contributed by atoms with Gasteiger partial charge in [-0.25, -0.2) is 0 Å². The molecule has 0 unspecified atom stereocenters. The van der Waals surface area contributed by atoms with E-state index in [2.05, 4.69) is 45.9 Å². The summed E-state index contributed by atoms with van der Waals surface area (Å²) < 4.78 is 0. The van der Waals surface area contributed by atoms with Gasteiger partial charge in [0.2, 0.25) is 5.91 Å². The van der Waals surface area contributed by atoms with E-state index in [9.17, 15) is 29.4 Å². The fourth-order valence-corrected chi connectivity index (χ4v) is 6.58. The van der Waals surface area contributed by atoms with Crippen molar-refractivity contribution in [3.05, 3.63) is 72.7 Å². The number of nitrogens with one attached hydrogen (secondary N) is 4. The van der Waals surface area contributed by atoms with Gasteiger partial charge in [-0.05, 0) is 90.5 Å². The van der Waals surface area contributed by atoms with Crippen LogP contribution in [0.15, 0.2) is 28.3 Å². The van der Waals surface area contributed by atoms with Crippen molar-refractivity contribution in [2.24, 2.45) is 11.8 Å². The molecule has 3 atom stereocenters. The number of thiol groups is 2. The molecule has 0 bridgehead atoms. The van der Waals surface area contributed by atoms with E-state index in [0.717, 1.165) is 51.0 Å². The number of carboxylic acids is 2. The third kappa shape index (κ3) is 7.50. The highest BCUT2D eigenvalue weighted by atomic mass is 32.1. The Morgan fingerprint density at radius 1 is 1.00 bits per heavy atom. The number of carbonyl (C=O) groups is 4. The molecule has 0 aliphatic carbocycles. The van der Waals surface area contributed by atoms with Crippen LogP contribution in [0, 0.1) is 25.7 Å². The molecule has 0 spiro atoms. The molecule has 0 radical (unpaired) electrons. The minimum atomic E-state index is -0.969. The smallest absolute Gasteiger partial charge is 0.307 e. The Morgan fingerprint density at radius 2 is 1.73 bits per heavy atom. The molecule has 0 aromatic carbocycles. The SMILES string of the molecule is CC1=C(/C=C\S)C(=O)N[C@@H]1Cc1[nH]c(=C/c2[nH]c(/C=C3\NC(=O)[C@H](C)[C@H]3CCS)c(C)c2CCC(=O)O)/c(=C\CC(=O)O)c1C. The highest BCUT2D eigenvalue weighted by Gasteiger charge is 2.35. The molecule has 2 amide bonds. The van der Waals surface area contributed by atoms with Crippen LogP contribution in [0.1, 0.15) is 66.9 Å². The van der Waals surface area contributed by atoms with E-state index in [-0.39, 0.29) is 49.0 Å². The first kappa shape index (κ1) is 34.0. The highest BCUT2D eigenvalue weighted by molar-refractivity contribution is 7.83. The minimum absolute atomic E-state index is 0.00390. The maximum Gasteiger partial charge on any atom is 0.307 e. The molecule has 2 aromatic heterocycles. The van der Waals surface area contributed by atoms with Gasteiger partial charge in [-0.15, -0.1) is 0 Å². The van der Waals surface area contributed by atoms with Crippen molar-refractivity contribution < 1.29 is 29.4 Å². The van der Waals surface area contributed by atoms with Crippen LogP contribution in [0.3, 0.4) is 0 Å². The first-order valence-corrected chi connectivity index (χ1v) is 16.0. The number of hydrogen-bond donors (Lipinski definition) is 8. The summed E-state index contributed by atoms with van der Waals surface area (Å²) in [5.41, 5.74) is 7.08. The molecule has 6 N–H and O–H groups in total. The van der Waals surface area contributed by atoms with Gasteiger partial charge in [0, 0.05) is 58.4 Å². The molecule has 0 saturated carbocycles. The van der Waals surface area contributed by atoms with E-state index in [1.54, 1.807) is 12.2 Å². The number of aromatic amines is 2. The van der Waals surface area contributed by atoms with Crippen molar-refractivity contribution in [3.8, 4) is 0 Å². The first-order chi connectivity index (χ1) is 21.4. The van der Waals surface area contributed by atoms with Gasteiger partial charge >= 0.3 is 11.9 Å². The standard InChI is InChI=1S/C33H40N4O6S2/c1-16-20(5-7-30(38)39)27(34-24(16)13-26-18(3)23(10-12-45)33(43)36-26)15-28-21(6-8-31(40)41)17(2)25(35-28)14-29-22(9-11-44)19(4)32(42)37-29/h5,10,12,14-15,19,22,26,34-35,44-45H,6-9,11,13H2,1-4H3,(H,36,43)(H,37,42)(H,38,39)(H,40,41)/b12-10-,20-5-,27-15+,29-14-/t19-,22-,26-/m1/s1. The van der Waals surface area contributed by atoms with Crippen LogP contribution < -0.4 is 21.2 Å². The molecular weight excluding hydrogens is 613 g/mol. The average molecular weight is 653 g/mol. The summed E-state index contributed by atoms with van der Waals surface area (Å²) >= 11 is 8.48. The quantitative estimate of drug-likeness (QED) is 0.164. The van der Waals surface area contributed by atoms with Crippen LogP contribution in [0.4, 0.5) is 0 Å². The number of rotatable bonds is 12. The van der Waals surface area contributed by atoms with E-state index < -0.39 is 11.9 Å². The number of allylic oxidation sites excluding steroid dienone is 1. The Bertz CT molecular complexity index is 1750. The molecule has 2 aromatic rings. The van der Waals surface area contributed by atoms with E-state index in [1.165, 1.54) is 5.41 Å². The number of aliphatic carboxylic acids is 2. The van der Waals surface area contributed by atoms with Crippen LogP contribution in [-0.2, 0) is 32.0 Å². The zero-order valence-corrected chi connectivity index (χ0v) is 27.6. The highest BCUT2D eigenvalue weighted by Crippen LogP contribution is 2.32. The molecule has 45 heavy (non-hydrogen) atoms. The zero-order valence-electron chi connectivity index (χ0n) is 25.8. The van der Waals surface area contributed by atoms with Crippen molar-refractivity contribution in [1.29, 1.82) is 0 Å². The molecule has 12 heteroatoms. The van der Waals surface area contributed by atoms with Crippen molar-refractivity contribution in [2.75, 3.05) is 5.75 Å². The van der Waals surface area contributed by atoms with Gasteiger partial charge in [0.1, 0.15) is 0 Å². The van der Waals surface area contributed by atoms with E-state index in [4.69, 9.17) is 0 Å². The summed E-state index contributed by atoms with van der Waals surface area (Å²) in [5, 5.41) is 27.8. The van der Waals surface area contributed by atoms with Gasteiger partial charge in [-0.3, -0.25) is 19.2 Å². The van der Waals surface area contributed by atoms with E-state index >= 15 is 0 Å². The molecule has 4 rings (SSSR count).